The number of hydrogen-bond acceptors (Lipinski definition) is 4. The van der Waals surface area contributed by atoms with Gasteiger partial charge < -0.3 is 9.47 Å². The Kier molecular flexibility index (Phi) is 5.77. The Hall–Kier alpha value is -2.33. The first-order chi connectivity index (χ1) is 10.9. The molecule has 120 valence electrons. The second-order valence-electron chi connectivity index (χ2n) is 5.26. The Labute approximate surface area is 140 Å². The summed E-state index contributed by atoms with van der Waals surface area (Å²) in [7, 11) is 0. The van der Waals surface area contributed by atoms with E-state index < -0.39 is 5.97 Å². The molecular weight excluding hydrogens is 316 g/mol. The van der Waals surface area contributed by atoms with Crippen LogP contribution in [0.5, 0.6) is 5.75 Å². The third-order valence-electron chi connectivity index (χ3n) is 2.93. The molecule has 0 aromatic heterocycles. The monoisotopic (exact) mass is 332 g/mol. The number of benzene rings is 2. The van der Waals surface area contributed by atoms with E-state index in [1.165, 1.54) is 0 Å². The summed E-state index contributed by atoms with van der Waals surface area (Å²) in [4.78, 5) is 23.6. The molecule has 0 spiro atoms. The number of ether oxygens (including phenoxy) is 2. The van der Waals surface area contributed by atoms with Gasteiger partial charge in [0, 0.05) is 5.02 Å². The Morgan fingerprint density at radius 1 is 1.00 bits per heavy atom. The normalized spacial score (nSPS) is 10.4. The van der Waals surface area contributed by atoms with Gasteiger partial charge in [-0.15, -0.1) is 0 Å². The average molecular weight is 333 g/mol. The molecule has 0 radical (unpaired) electrons. The molecule has 0 N–H and O–H groups in total. The third kappa shape index (κ3) is 5.42. The second kappa shape index (κ2) is 7.79. The van der Waals surface area contributed by atoms with Gasteiger partial charge >= 0.3 is 11.9 Å². The lowest BCUT2D eigenvalue weighted by atomic mass is 10.1. The predicted molar refractivity (Wildman–Crippen MR) is 87.8 cm³/mol. The molecule has 0 amide bonds. The van der Waals surface area contributed by atoms with Gasteiger partial charge in [-0.05, 0) is 55.8 Å². The van der Waals surface area contributed by atoms with Crippen molar-refractivity contribution < 1.29 is 19.1 Å². The van der Waals surface area contributed by atoms with Crippen LogP contribution >= 0.6 is 11.6 Å². The third-order valence-corrected chi connectivity index (χ3v) is 3.18. The van der Waals surface area contributed by atoms with Crippen molar-refractivity contribution in [1.82, 2.24) is 0 Å². The minimum Gasteiger partial charge on any atom is -0.459 e. The molecule has 5 heteroatoms. The van der Waals surface area contributed by atoms with Crippen molar-refractivity contribution in [2.24, 2.45) is 0 Å². The van der Waals surface area contributed by atoms with Crippen molar-refractivity contribution in [3.05, 3.63) is 64.7 Å². The van der Waals surface area contributed by atoms with E-state index >= 15 is 0 Å². The van der Waals surface area contributed by atoms with Gasteiger partial charge in [-0.2, -0.15) is 0 Å². The minimum atomic E-state index is -0.404. The van der Waals surface area contributed by atoms with E-state index in [1.807, 2.05) is 0 Å². The zero-order chi connectivity index (χ0) is 16.8. The maximum Gasteiger partial charge on any atom is 0.338 e. The molecule has 0 saturated heterocycles. The molecule has 2 aromatic rings. The van der Waals surface area contributed by atoms with Crippen LogP contribution < -0.4 is 4.74 Å². The molecule has 2 rings (SSSR count). The predicted octanol–water partition coefficient (Wildman–Crippen LogP) is 4.05. The van der Waals surface area contributed by atoms with Gasteiger partial charge in [0.15, 0.2) is 0 Å². The van der Waals surface area contributed by atoms with Crippen molar-refractivity contribution in [2.45, 2.75) is 26.4 Å². The summed E-state index contributed by atoms with van der Waals surface area (Å²) in [5, 5.41) is 0.617. The van der Waals surface area contributed by atoms with E-state index in [0.29, 0.717) is 16.3 Å². The van der Waals surface area contributed by atoms with Crippen LogP contribution in [0.3, 0.4) is 0 Å². The number of halogens is 1. The fraction of sp³-hybridized carbons (Fsp3) is 0.222. The van der Waals surface area contributed by atoms with Crippen molar-refractivity contribution in [3.8, 4) is 5.75 Å². The van der Waals surface area contributed by atoms with Crippen LogP contribution in [0, 0.1) is 0 Å². The van der Waals surface area contributed by atoms with Gasteiger partial charge in [0.2, 0.25) is 0 Å². The first kappa shape index (κ1) is 17.0. The molecule has 0 bridgehead atoms. The molecule has 23 heavy (non-hydrogen) atoms. The highest BCUT2D eigenvalue weighted by molar-refractivity contribution is 6.30. The van der Waals surface area contributed by atoms with Crippen LogP contribution in [0.15, 0.2) is 48.5 Å². The van der Waals surface area contributed by atoms with Crippen molar-refractivity contribution in [2.75, 3.05) is 0 Å². The Morgan fingerprint density at radius 3 is 2.17 bits per heavy atom. The molecule has 0 aliphatic carbocycles. The first-order valence-electron chi connectivity index (χ1n) is 7.20. The van der Waals surface area contributed by atoms with E-state index in [9.17, 15) is 9.59 Å². The van der Waals surface area contributed by atoms with Crippen molar-refractivity contribution >= 4 is 23.5 Å². The maximum atomic E-state index is 11.9. The average Bonchev–Trinajstić information content (AvgIpc) is 2.49. The smallest absolute Gasteiger partial charge is 0.338 e. The van der Waals surface area contributed by atoms with Crippen LogP contribution in [0.25, 0.3) is 0 Å². The summed E-state index contributed by atoms with van der Waals surface area (Å²) in [6.45, 7) is 3.57. The van der Waals surface area contributed by atoms with Gasteiger partial charge in [0.05, 0.1) is 18.1 Å². The zero-order valence-electron chi connectivity index (χ0n) is 12.9. The highest BCUT2D eigenvalue weighted by atomic mass is 35.5. The second-order valence-corrected chi connectivity index (χ2v) is 5.69. The molecule has 0 fully saturated rings. The molecule has 0 atom stereocenters. The van der Waals surface area contributed by atoms with Crippen LogP contribution in [-0.4, -0.2) is 18.0 Å². The van der Waals surface area contributed by atoms with Crippen LogP contribution in [0.1, 0.15) is 29.8 Å². The molecule has 0 aliphatic rings. The van der Waals surface area contributed by atoms with Gasteiger partial charge in [-0.3, -0.25) is 4.79 Å². The summed E-state index contributed by atoms with van der Waals surface area (Å²) in [5.74, 6) is -0.408. The molecule has 0 saturated carbocycles. The summed E-state index contributed by atoms with van der Waals surface area (Å²) < 4.78 is 10.3. The standard InChI is InChI=1S/C18H17ClO4/c1-12(2)22-18(21)14-5-9-16(10-6-14)23-17(20)11-13-3-7-15(19)8-4-13/h3-10,12H,11H2,1-2H3. The van der Waals surface area contributed by atoms with Gasteiger partial charge in [0.25, 0.3) is 0 Å². The molecule has 0 aliphatic heterocycles. The van der Waals surface area contributed by atoms with Gasteiger partial charge in [0.1, 0.15) is 5.75 Å². The van der Waals surface area contributed by atoms with E-state index in [1.54, 1.807) is 62.4 Å². The lowest BCUT2D eigenvalue weighted by molar-refractivity contribution is -0.133. The maximum absolute atomic E-state index is 11.9. The topological polar surface area (TPSA) is 52.6 Å². The molecule has 0 heterocycles. The summed E-state index contributed by atoms with van der Waals surface area (Å²) in [5.41, 5.74) is 1.23. The minimum absolute atomic E-state index is 0.147. The van der Waals surface area contributed by atoms with E-state index in [4.69, 9.17) is 21.1 Å². The Bertz CT molecular complexity index is 675. The molecule has 4 nitrogen and oxygen atoms in total. The summed E-state index contributed by atoms with van der Waals surface area (Å²) >= 11 is 5.80. The number of rotatable bonds is 5. The van der Waals surface area contributed by atoms with Crippen molar-refractivity contribution in [1.29, 1.82) is 0 Å². The molecule has 0 unspecified atom stereocenters. The fourth-order valence-electron chi connectivity index (χ4n) is 1.88. The molecule has 2 aromatic carbocycles. The van der Waals surface area contributed by atoms with Crippen LogP contribution in [0.2, 0.25) is 5.02 Å². The van der Waals surface area contributed by atoms with E-state index in [2.05, 4.69) is 0 Å². The molecular formula is C18H17ClO4. The highest BCUT2D eigenvalue weighted by Gasteiger charge is 2.11. The summed E-state index contributed by atoms with van der Waals surface area (Å²) in [6.07, 6.45) is -0.0340. The Balaban J connectivity index is 1.93. The number of hydrogen-bond donors (Lipinski definition) is 0. The quantitative estimate of drug-likeness (QED) is 0.612. The number of esters is 2. The Morgan fingerprint density at radius 2 is 1.61 bits per heavy atom. The largest absolute Gasteiger partial charge is 0.459 e. The van der Waals surface area contributed by atoms with E-state index in [0.717, 1.165) is 5.56 Å². The van der Waals surface area contributed by atoms with Crippen LogP contribution in [0.4, 0.5) is 0 Å². The summed E-state index contributed by atoms with van der Waals surface area (Å²) in [6, 6.07) is 13.3. The zero-order valence-corrected chi connectivity index (χ0v) is 13.7. The number of carbonyl (C=O) groups excluding carboxylic acids is 2. The van der Waals surface area contributed by atoms with Crippen LogP contribution in [-0.2, 0) is 16.0 Å². The first-order valence-corrected chi connectivity index (χ1v) is 7.58. The SMILES string of the molecule is CC(C)OC(=O)c1ccc(OC(=O)Cc2ccc(Cl)cc2)cc1. The lowest BCUT2D eigenvalue weighted by Crippen LogP contribution is -2.12. The van der Waals surface area contributed by atoms with Crippen molar-refractivity contribution in [3.63, 3.8) is 0 Å². The highest BCUT2D eigenvalue weighted by Crippen LogP contribution is 2.15. The van der Waals surface area contributed by atoms with Gasteiger partial charge in [-0.25, -0.2) is 4.79 Å². The van der Waals surface area contributed by atoms with Gasteiger partial charge in [-0.1, -0.05) is 23.7 Å². The fourth-order valence-corrected chi connectivity index (χ4v) is 2.00. The number of carbonyl (C=O) groups is 2. The van der Waals surface area contributed by atoms with E-state index in [-0.39, 0.29) is 18.5 Å². The lowest BCUT2D eigenvalue weighted by Gasteiger charge is -2.08.